The number of aryl methyl sites for hydroxylation is 1. The Balaban J connectivity index is 2.14. The monoisotopic (exact) mass is 205 g/mol. The quantitative estimate of drug-likeness (QED) is 0.819. The van der Waals surface area contributed by atoms with E-state index in [-0.39, 0.29) is 12.1 Å². The van der Waals surface area contributed by atoms with Crippen molar-refractivity contribution in [3.63, 3.8) is 0 Å². The van der Waals surface area contributed by atoms with E-state index in [1.807, 2.05) is 0 Å². The molecular formula is C13H19NO. The van der Waals surface area contributed by atoms with Gasteiger partial charge in [0.15, 0.2) is 0 Å². The number of ether oxygens (including phenoxy) is 1. The molecule has 2 atom stereocenters. The molecule has 0 saturated heterocycles. The van der Waals surface area contributed by atoms with Gasteiger partial charge in [0.1, 0.15) is 0 Å². The molecule has 2 heteroatoms. The third kappa shape index (κ3) is 2.39. The first-order valence-corrected chi connectivity index (χ1v) is 5.57. The number of methoxy groups -OCH3 is 1. The third-order valence-corrected chi connectivity index (χ3v) is 3.14. The third-order valence-electron chi connectivity index (χ3n) is 3.14. The Hall–Kier alpha value is -0.860. The van der Waals surface area contributed by atoms with Gasteiger partial charge in [-0.15, -0.1) is 0 Å². The van der Waals surface area contributed by atoms with Crippen LogP contribution in [0, 0.1) is 12.8 Å². The summed E-state index contributed by atoms with van der Waals surface area (Å²) in [5.74, 6) is 0.672. The minimum atomic E-state index is 0.0161. The molecule has 1 fully saturated rings. The molecule has 2 nitrogen and oxygen atoms in total. The molecule has 0 heterocycles. The smallest absolute Gasteiger partial charge is 0.0791 e. The molecule has 1 aliphatic rings. The van der Waals surface area contributed by atoms with E-state index in [1.54, 1.807) is 7.11 Å². The van der Waals surface area contributed by atoms with Gasteiger partial charge in [0, 0.05) is 7.11 Å². The van der Waals surface area contributed by atoms with Gasteiger partial charge < -0.3 is 10.5 Å². The Bertz CT molecular complexity index is 333. The van der Waals surface area contributed by atoms with Gasteiger partial charge in [-0.25, -0.2) is 0 Å². The van der Waals surface area contributed by atoms with Crippen molar-refractivity contribution in [2.24, 2.45) is 11.7 Å². The lowest BCUT2D eigenvalue weighted by Crippen LogP contribution is -2.29. The minimum Gasteiger partial charge on any atom is -0.379 e. The van der Waals surface area contributed by atoms with Gasteiger partial charge in [-0.1, -0.05) is 29.8 Å². The molecule has 0 radical (unpaired) electrons. The predicted molar refractivity (Wildman–Crippen MR) is 61.6 cm³/mol. The Morgan fingerprint density at radius 1 is 1.40 bits per heavy atom. The fourth-order valence-electron chi connectivity index (χ4n) is 2.12. The highest BCUT2D eigenvalue weighted by atomic mass is 16.5. The van der Waals surface area contributed by atoms with Crippen molar-refractivity contribution in [2.75, 3.05) is 7.11 Å². The van der Waals surface area contributed by atoms with Crippen molar-refractivity contribution in [1.82, 2.24) is 0 Å². The lowest BCUT2D eigenvalue weighted by Gasteiger charge is -2.22. The summed E-state index contributed by atoms with van der Waals surface area (Å²) < 4.78 is 5.51. The summed E-state index contributed by atoms with van der Waals surface area (Å²) in [6.07, 6.45) is 2.71. The zero-order valence-corrected chi connectivity index (χ0v) is 9.44. The van der Waals surface area contributed by atoms with Crippen molar-refractivity contribution in [3.05, 3.63) is 35.4 Å². The molecule has 1 aromatic rings. The van der Waals surface area contributed by atoms with Crippen LogP contribution in [0.1, 0.15) is 30.0 Å². The zero-order chi connectivity index (χ0) is 10.8. The van der Waals surface area contributed by atoms with Gasteiger partial charge >= 0.3 is 0 Å². The molecular weight excluding hydrogens is 186 g/mol. The summed E-state index contributed by atoms with van der Waals surface area (Å²) >= 11 is 0. The first kappa shape index (κ1) is 10.7. The first-order valence-electron chi connectivity index (χ1n) is 5.57. The standard InChI is InChI=1S/C13H19NO/c1-9-4-3-5-11(8-9)12(14)13(15-2)10-6-7-10/h3-5,8,10,12-13H,6-7,14H2,1-2H3. The number of benzene rings is 1. The lowest BCUT2D eigenvalue weighted by molar-refractivity contribution is 0.0624. The minimum absolute atomic E-state index is 0.0161. The van der Waals surface area contributed by atoms with Gasteiger partial charge in [-0.3, -0.25) is 0 Å². The normalized spacial score (nSPS) is 19.9. The molecule has 0 bridgehead atoms. The Kier molecular flexibility index (Phi) is 3.08. The van der Waals surface area contributed by atoms with Crippen molar-refractivity contribution in [3.8, 4) is 0 Å². The van der Waals surface area contributed by atoms with Gasteiger partial charge in [0.25, 0.3) is 0 Å². The average molecular weight is 205 g/mol. The first-order chi connectivity index (χ1) is 7.22. The Labute approximate surface area is 91.4 Å². The van der Waals surface area contributed by atoms with Crippen LogP contribution < -0.4 is 5.73 Å². The summed E-state index contributed by atoms with van der Waals surface area (Å²) in [6, 6.07) is 8.41. The molecule has 1 saturated carbocycles. The van der Waals surface area contributed by atoms with Crippen LogP contribution in [0.4, 0.5) is 0 Å². The van der Waals surface area contributed by atoms with Crippen LogP contribution in [0.2, 0.25) is 0 Å². The number of rotatable bonds is 4. The number of hydrogen-bond acceptors (Lipinski definition) is 2. The highest BCUT2D eigenvalue weighted by molar-refractivity contribution is 5.26. The summed E-state index contributed by atoms with van der Waals surface area (Å²) in [4.78, 5) is 0. The SMILES string of the molecule is COC(C1CC1)C(N)c1cccc(C)c1. The molecule has 1 aromatic carbocycles. The highest BCUT2D eigenvalue weighted by Gasteiger charge is 2.35. The second kappa shape index (κ2) is 4.33. The Morgan fingerprint density at radius 3 is 2.67 bits per heavy atom. The van der Waals surface area contributed by atoms with E-state index in [1.165, 1.54) is 24.0 Å². The van der Waals surface area contributed by atoms with Gasteiger partial charge in [-0.2, -0.15) is 0 Å². The van der Waals surface area contributed by atoms with Crippen LogP contribution >= 0.6 is 0 Å². The molecule has 2 N–H and O–H groups in total. The maximum atomic E-state index is 6.23. The fourth-order valence-corrected chi connectivity index (χ4v) is 2.12. The number of hydrogen-bond donors (Lipinski definition) is 1. The molecule has 0 amide bonds. The lowest BCUT2D eigenvalue weighted by atomic mass is 9.97. The summed E-state index contributed by atoms with van der Waals surface area (Å²) in [5, 5.41) is 0. The molecule has 2 unspecified atom stereocenters. The average Bonchev–Trinajstić information content (AvgIpc) is 3.03. The molecule has 1 aliphatic carbocycles. The number of nitrogens with two attached hydrogens (primary N) is 1. The van der Waals surface area contributed by atoms with E-state index < -0.39 is 0 Å². The van der Waals surface area contributed by atoms with E-state index in [0.29, 0.717) is 5.92 Å². The van der Waals surface area contributed by atoms with Crippen LogP contribution in [-0.2, 0) is 4.74 Å². The van der Waals surface area contributed by atoms with E-state index >= 15 is 0 Å². The summed E-state index contributed by atoms with van der Waals surface area (Å²) in [6.45, 7) is 2.09. The van der Waals surface area contributed by atoms with Crippen molar-refractivity contribution < 1.29 is 4.74 Å². The van der Waals surface area contributed by atoms with Gasteiger partial charge in [0.2, 0.25) is 0 Å². The van der Waals surface area contributed by atoms with Crippen LogP contribution in [0.15, 0.2) is 24.3 Å². The van der Waals surface area contributed by atoms with Crippen LogP contribution in [0.25, 0.3) is 0 Å². The van der Waals surface area contributed by atoms with Gasteiger partial charge in [0.05, 0.1) is 12.1 Å². The van der Waals surface area contributed by atoms with Crippen molar-refractivity contribution in [1.29, 1.82) is 0 Å². The fraction of sp³-hybridized carbons (Fsp3) is 0.538. The predicted octanol–water partition coefficient (Wildman–Crippen LogP) is 2.42. The molecule has 82 valence electrons. The van der Waals surface area contributed by atoms with Crippen LogP contribution in [0.5, 0.6) is 0 Å². The zero-order valence-electron chi connectivity index (χ0n) is 9.44. The topological polar surface area (TPSA) is 35.2 Å². The summed E-state index contributed by atoms with van der Waals surface area (Å²) in [5.41, 5.74) is 8.68. The van der Waals surface area contributed by atoms with Crippen LogP contribution in [-0.4, -0.2) is 13.2 Å². The molecule has 0 aromatic heterocycles. The molecule has 0 aliphatic heterocycles. The maximum Gasteiger partial charge on any atom is 0.0791 e. The van der Waals surface area contributed by atoms with Crippen molar-refractivity contribution in [2.45, 2.75) is 31.9 Å². The van der Waals surface area contributed by atoms with E-state index in [0.717, 1.165) is 0 Å². The molecule has 2 rings (SSSR count). The van der Waals surface area contributed by atoms with Crippen molar-refractivity contribution >= 4 is 0 Å². The summed E-state index contributed by atoms with van der Waals surface area (Å²) in [7, 11) is 1.76. The van der Waals surface area contributed by atoms with Crippen LogP contribution in [0.3, 0.4) is 0 Å². The second-order valence-electron chi connectivity index (χ2n) is 4.48. The second-order valence-corrected chi connectivity index (χ2v) is 4.48. The van der Waals surface area contributed by atoms with E-state index in [4.69, 9.17) is 10.5 Å². The molecule has 15 heavy (non-hydrogen) atoms. The maximum absolute atomic E-state index is 6.23. The van der Waals surface area contributed by atoms with E-state index in [2.05, 4.69) is 31.2 Å². The Morgan fingerprint density at radius 2 is 2.13 bits per heavy atom. The van der Waals surface area contributed by atoms with E-state index in [9.17, 15) is 0 Å². The molecule has 0 spiro atoms. The largest absolute Gasteiger partial charge is 0.379 e. The van der Waals surface area contributed by atoms with Gasteiger partial charge in [-0.05, 0) is 31.2 Å². The highest BCUT2D eigenvalue weighted by Crippen LogP contribution is 2.38.